The van der Waals surface area contributed by atoms with Crippen molar-refractivity contribution in [2.75, 3.05) is 5.32 Å². The molecule has 0 bridgehead atoms. The van der Waals surface area contributed by atoms with Gasteiger partial charge in [0.2, 0.25) is 0 Å². The minimum absolute atomic E-state index is 0.134. The topological polar surface area (TPSA) is 78.9 Å². The van der Waals surface area contributed by atoms with E-state index < -0.39 is 5.91 Å². The number of nitriles is 1. The number of hydrogen-bond acceptors (Lipinski definition) is 3. The molecular weight excluding hydrogens is 214 g/mol. The van der Waals surface area contributed by atoms with E-state index in [4.69, 9.17) is 22.6 Å². The fraction of sp³-hybridized carbons (Fsp3) is 0. The van der Waals surface area contributed by atoms with Crippen LogP contribution in [-0.2, 0) is 4.79 Å². The van der Waals surface area contributed by atoms with Crippen molar-refractivity contribution in [3.05, 3.63) is 41.1 Å². The van der Waals surface area contributed by atoms with Crippen LogP contribution in [0.15, 0.2) is 36.0 Å². The highest BCUT2D eigenvalue weighted by molar-refractivity contribution is 6.30. The van der Waals surface area contributed by atoms with Gasteiger partial charge in [-0.1, -0.05) is 11.6 Å². The molecule has 5 heteroatoms. The van der Waals surface area contributed by atoms with Crippen molar-refractivity contribution in [1.82, 2.24) is 0 Å². The number of carbonyl (C=O) groups excluding carboxylic acids is 1. The second-order valence-corrected chi connectivity index (χ2v) is 3.12. The lowest BCUT2D eigenvalue weighted by Gasteiger charge is -2.00. The largest absolute Gasteiger partial charge is 0.365 e. The predicted molar refractivity (Wildman–Crippen MR) is 58.0 cm³/mol. The molecule has 0 aromatic heterocycles. The first-order valence-electron chi connectivity index (χ1n) is 4.05. The predicted octanol–water partition coefficient (Wildman–Crippen LogP) is 1.64. The van der Waals surface area contributed by atoms with Gasteiger partial charge < -0.3 is 11.1 Å². The van der Waals surface area contributed by atoms with Crippen LogP contribution in [0.4, 0.5) is 5.69 Å². The van der Waals surface area contributed by atoms with E-state index in [1.165, 1.54) is 6.20 Å². The molecule has 0 fully saturated rings. The third kappa shape index (κ3) is 3.33. The van der Waals surface area contributed by atoms with Crippen LogP contribution in [0.25, 0.3) is 0 Å². The van der Waals surface area contributed by atoms with Crippen molar-refractivity contribution in [1.29, 1.82) is 5.26 Å². The Morgan fingerprint density at radius 1 is 1.47 bits per heavy atom. The van der Waals surface area contributed by atoms with Crippen molar-refractivity contribution in [2.24, 2.45) is 5.73 Å². The molecule has 0 atom stereocenters. The van der Waals surface area contributed by atoms with Crippen LogP contribution in [0.2, 0.25) is 5.02 Å². The molecule has 0 unspecified atom stereocenters. The first-order chi connectivity index (χ1) is 7.13. The smallest absolute Gasteiger partial charge is 0.260 e. The summed E-state index contributed by atoms with van der Waals surface area (Å²) in [5, 5.41) is 11.9. The number of anilines is 1. The highest BCUT2D eigenvalue weighted by Crippen LogP contribution is 2.13. The number of carbonyl (C=O) groups is 1. The summed E-state index contributed by atoms with van der Waals surface area (Å²) in [6.07, 6.45) is 1.26. The second kappa shape index (κ2) is 5.03. The molecule has 3 N–H and O–H groups in total. The first-order valence-corrected chi connectivity index (χ1v) is 4.43. The quantitative estimate of drug-likeness (QED) is 0.602. The summed E-state index contributed by atoms with van der Waals surface area (Å²) in [4.78, 5) is 10.7. The number of nitrogens with zero attached hydrogens (tertiary/aromatic N) is 1. The standard InChI is InChI=1S/C10H8ClN3O/c11-8-1-3-9(4-2-8)14-6-7(5-12)10(13)15/h1-4,6,14H,(H2,13,15)/b7-6+. The molecule has 0 aliphatic rings. The van der Waals surface area contributed by atoms with Crippen molar-refractivity contribution in [2.45, 2.75) is 0 Å². The molecule has 4 nitrogen and oxygen atoms in total. The highest BCUT2D eigenvalue weighted by Gasteiger charge is 2.01. The van der Waals surface area contributed by atoms with Crippen LogP contribution in [0, 0.1) is 11.3 Å². The fourth-order valence-electron chi connectivity index (χ4n) is 0.860. The molecule has 0 aliphatic carbocycles. The molecule has 0 radical (unpaired) electrons. The number of nitrogens with two attached hydrogens (primary N) is 1. The molecule has 0 aliphatic heterocycles. The van der Waals surface area contributed by atoms with E-state index in [9.17, 15) is 4.79 Å². The average molecular weight is 222 g/mol. The Kier molecular flexibility index (Phi) is 3.72. The lowest BCUT2D eigenvalue weighted by atomic mass is 10.3. The molecule has 1 amide bonds. The second-order valence-electron chi connectivity index (χ2n) is 2.69. The zero-order chi connectivity index (χ0) is 11.3. The summed E-state index contributed by atoms with van der Waals surface area (Å²) < 4.78 is 0. The molecule has 15 heavy (non-hydrogen) atoms. The minimum Gasteiger partial charge on any atom is -0.365 e. The summed E-state index contributed by atoms with van der Waals surface area (Å²) in [5.74, 6) is -0.765. The van der Waals surface area contributed by atoms with Crippen molar-refractivity contribution < 1.29 is 4.79 Å². The Balaban J connectivity index is 2.76. The van der Waals surface area contributed by atoms with Gasteiger partial charge in [0.05, 0.1) is 0 Å². The van der Waals surface area contributed by atoms with E-state index in [2.05, 4.69) is 5.32 Å². The monoisotopic (exact) mass is 221 g/mol. The molecular formula is C10H8ClN3O. The maximum Gasteiger partial charge on any atom is 0.260 e. The molecule has 0 saturated heterocycles. The van der Waals surface area contributed by atoms with Gasteiger partial charge in [0.1, 0.15) is 11.6 Å². The van der Waals surface area contributed by atoms with Gasteiger partial charge in [-0.25, -0.2) is 0 Å². The number of rotatable bonds is 3. The number of benzene rings is 1. The van der Waals surface area contributed by atoms with Crippen molar-refractivity contribution >= 4 is 23.2 Å². The number of primary amides is 1. The normalized spacial score (nSPS) is 10.5. The Morgan fingerprint density at radius 3 is 2.53 bits per heavy atom. The lowest BCUT2D eigenvalue weighted by molar-refractivity contribution is -0.114. The first kappa shape index (κ1) is 11.1. The van der Waals surface area contributed by atoms with E-state index in [1.54, 1.807) is 30.3 Å². The Labute approximate surface area is 91.9 Å². The summed E-state index contributed by atoms with van der Waals surface area (Å²) in [5.41, 5.74) is 5.53. The van der Waals surface area contributed by atoms with Gasteiger partial charge in [-0.05, 0) is 24.3 Å². The number of hydrogen-bond donors (Lipinski definition) is 2. The maximum absolute atomic E-state index is 10.7. The Hall–Kier alpha value is -1.99. The van der Waals surface area contributed by atoms with Crippen molar-refractivity contribution in [3.8, 4) is 6.07 Å². The van der Waals surface area contributed by atoms with Crippen LogP contribution in [0.3, 0.4) is 0 Å². The van der Waals surface area contributed by atoms with E-state index >= 15 is 0 Å². The van der Waals surface area contributed by atoms with E-state index in [1.807, 2.05) is 0 Å². The summed E-state index contributed by atoms with van der Waals surface area (Å²) in [7, 11) is 0. The third-order valence-electron chi connectivity index (χ3n) is 1.61. The van der Waals surface area contributed by atoms with Crippen molar-refractivity contribution in [3.63, 3.8) is 0 Å². The Bertz CT molecular complexity index is 431. The van der Waals surface area contributed by atoms with Crippen LogP contribution in [0.1, 0.15) is 0 Å². The molecule has 1 rings (SSSR count). The third-order valence-corrected chi connectivity index (χ3v) is 1.87. The summed E-state index contributed by atoms with van der Waals surface area (Å²) in [6.45, 7) is 0. The number of amides is 1. The Morgan fingerprint density at radius 2 is 2.07 bits per heavy atom. The van der Waals surface area contributed by atoms with Crippen LogP contribution < -0.4 is 11.1 Å². The molecule has 76 valence electrons. The number of nitrogens with one attached hydrogen (secondary N) is 1. The SMILES string of the molecule is N#C/C(=C\Nc1ccc(Cl)cc1)C(N)=O. The van der Waals surface area contributed by atoms with Crippen LogP contribution in [0.5, 0.6) is 0 Å². The fourth-order valence-corrected chi connectivity index (χ4v) is 0.986. The van der Waals surface area contributed by atoms with Gasteiger partial charge in [-0.3, -0.25) is 4.79 Å². The summed E-state index contributed by atoms with van der Waals surface area (Å²) in [6, 6.07) is 8.49. The van der Waals surface area contributed by atoms with E-state index in [0.717, 1.165) is 0 Å². The number of halogens is 1. The van der Waals surface area contributed by atoms with E-state index in [-0.39, 0.29) is 5.57 Å². The molecule has 0 saturated carbocycles. The van der Waals surface area contributed by atoms with Crippen LogP contribution >= 0.6 is 11.6 Å². The molecule has 0 spiro atoms. The van der Waals surface area contributed by atoms with Gasteiger partial charge in [-0.15, -0.1) is 0 Å². The average Bonchev–Trinajstić information content (AvgIpc) is 2.21. The van der Waals surface area contributed by atoms with Gasteiger partial charge in [0.15, 0.2) is 0 Å². The summed E-state index contributed by atoms with van der Waals surface area (Å²) >= 11 is 5.68. The van der Waals surface area contributed by atoms with Gasteiger partial charge >= 0.3 is 0 Å². The van der Waals surface area contributed by atoms with Gasteiger partial charge in [0, 0.05) is 16.9 Å². The van der Waals surface area contributed by atoms with Gasteiger partial charge in [-0.2, -0.15) is 5.26 Å². The van der Waals surface area contributed by atoms with Gasteiger partial charge in [0.25, 0.3) is 5.91 Å². The minimum atomic E-state index is -0.765. The van der Waals surface area contributed by atoms with Crippen LogP contribution in [-0.4, -0.2) is 5.91 Å². The zero-order valence-electron chi connectivity index (χ0n) is 7.70. The molecule has 1 aromatic carbocycles. The van der Waals surface area contributed by atoms with E-state index in [0.29, 0.717) is 10.7 Å². The maximum atomic E-state index is 10.7. The molecule has 1 aromatic rings. The lowest BCUT2D eigenvalue weighted by Crippen LogP contribution is -2.13. The highest BCUT2D eigenvalue weighted by atomic mass is 35.5. The zero-order valence-corrected chi connectivity index (χ0v) is 8.45. The molecule has 0 heterocycles.